The molecule has 1 saturated heterocycles. The summed E-state index contributed by atoms with van der Waals surface area (Å²) in [6.45, 7) is 4.45. The van der Waals surface area contributed by atoms with Crippen LogP contribution in [0.3, 0.4) is 0 Å². The van der Waals surface area contributed by atoms with E-state index in [1.165, 1.54) is 31.5 Å². The van der Waals surface area contributed by atoms with Gasteiger partial charge in [-0.2, -0.15) is 0 Å². The first-order valence-corrected chi connectivity index (χ1v) is 7.15. The van der Waals surface area contributed by atoms with E-state index in [-0.39, 0.29) is 12.1 Å². The molecule has 0 aromatic carbocycles. The van der Waals surface area contributed by atoms with Crippen molar-refractivity contribution >= 4 is 0 Å². The van der Waals surface area contributed by atoms with Gasteiger partial charge in [-0.05, 0) is 64.6 Å². The standard InChI is InChI=1S/C15H26N4/c1-12(16)15(13-4-8-17-9-5-13)19(3)14-6-10-18(2)11-7-14/h4-5,8-9,12,14-15H,6-7,10-11,16H2,1-3H3. The molecule has 0 bridgehead atoms. The molecule has 0 radical (unpaired) electrons. The van der Waals surface area contributed by atoms with Crippen molar-refractivity contribution in [1.82, 2.24) is 14.8 Å². The summed E-state index contributed by atoms with van der Waals surface area (Å²) >= 11 is 0. The molecule has 106 valence electrons. The van der Waals surface area contributed by atoms with Crippen LogP contribution in [0.25, 0.3) is 0 Å². The third-order valence-electron chi connectivity index (χ3n) is 4.25. The fourth-order valence-electron chi connectivity index (χ4n) is 3.10. The first kappa shape index (κ1) is 14.4. The van der Waals surface area contributed by atoms with Crippen LogP contribution >= 0.6 is 0 Å². The van der Waals surface area contributed by atoms with Crippen LogP contribution in [0.4, 0.5) is 0 Å². The van der Waals surface area contributed by atoms with Gasteiger partial charge in [0.15, 0.2) is 0 Å². The van der Waals surface area contributed by atoms with E-state index in [1.807, 2.05) is 12.4 Å². The van der Waals surface area contributed by atoms with Crippen LogP contribution in [0.5, 0.6) is 0 Å². The van der Waals surface area contributed by atoms with Gasteiger partial charge in [-0.3, -0.25) is 9.88 Å². The van der Waals surface area contributed by atoms with E-state index in [4.69, 9.17) is 5.73 Å². The lowest BCUT2D eigenvalue weighted by Gasteiger charge is -2.41. The van der Waals surface area contributed by atoms with E-state index in [0.29, 0.717) is 6.04 Å². The highest BCUT2D eigenvalue weighted by Gasteiger charge is 2.28. The molecular weight excluding hydrogens is 236 g/mol. The van der Waals surface area contributed by atoms with Gasteiger partial charge in [0.05, 0.1) is 0 Å². The molecule has 0 saturated carbocycles. The minimum Gasteiger partial charge on any atom is -0.326 e. The number of likely N-dealkylation sites (tertiary alicyclic amines) is 1. The van der Waals surface area contributed by atoms with Gasteiger partial charge in [0.1, 0.15) is 0 Å². The third kappa shape index (κ3) is 3.53. The lowest BCUT2D eigenvalue weighted by atomic mass is 9.95. The largest absolute Gasteiger partial charge is 0.326 e. The third-order valence-corrected chi connectivity index (χ3v) is 4.25. The number of rotatable bonds is 4. The van der Waals surface area contributed by atoms with E-state index in [2.05, 4.69) is 47.9 Å². The van der Waals surface area contributed by atoms with Gasteiger partial charge >= 0.3 is 0 Å². The smallest absolute Gasteiger partial charge is 0.0497 e. The Labute approximate surface area is 116 Å². The predicted molar refractivity (Wildman–Crippen MR) is 78.9 cm³/mol. The van der Waals surface area contributed by atoms with Crippen molar-refractivity contribution in [3.05, 3.63) is 30.1 Å². The van der Waals surface area contributed by atoms with Crippen molar-refractivity contribution in [3.63, 3.8) is 0 Å². The Morgan fingerprint density at radius 3 is 2.42 bits per heavy atom. The minimum atomic E-state index is 0.118. The highest BCUT2D eigenvalue weighted by atomic mass is 15.2. The Morgan fingerprint density at radius 1 is 1.32 bits per heavy atom. The summed E-state index contributed by atoms with van der Waals surface area (Å²) in [7, 11) is 4.41. The van der Waals surface area contributed by atoms with E-state index >= 15 is 0 Å². The van der Waals surface area contributed by atoms with Crippen molar-refractivity contribution in [1.29, 1.82) is 0 Å². The molecule has 2 rings (SSSR count). The number of hydrogen-bond acceptors (Lipinski definition) is 4. The van der Waals surface area contributed by atoms with Crippen LogP contribution < -0.4 is 5.73 Å². The summed E-state index contributed by atoms with van der Waals surface area (Å²) in [5, 5.41) is 0. The molecule has 1 aliphatic rings. The van der Waals surface area contributed by atoms with E-state index < -0.39 is 0 Å². The highest BCUT2D eigenvalue weighted by Crippen LogP contribution is 2.27. The first-order chi connectivity index (χ1) is 9.09. The predicted octanol–water partition coefficient (Wildman–Crippen LogP) is 1.50. The van der Waals surface area contributed by atoms with Crippen LogP contribution in [0, 0.1) is 0 Å². The summed E-state index contributed by atoms with van der Waals surface area (Å²) in [5.41, 5.74) is 7.50. The molecule has 4 nitrogen and oxygen atoms in total. The van der Waals surface area contributed by atoms with E-state index in [0.717, 1.165) is 0 Å². The molecule has 1 aromatic rings. The molecule has 2 unspecified atom stereocenters. The maximum Gasteiger partial charge on any atom is 0.0497 e. The normalized spacial score (nSPS) is 21.5. The van der Waals surface area contributed by atoms with E-state index in [1.54, 1.807) is 0 Å². The minimum absolute atomic E-state index is 0.118. The van der Waals surface area contributed by atoms with Gasteiger partial charge in [-0.25, -0.2) is 0 Å². The Bertz CT molecular complexity index is 371. The summed E-state index contributed by atoms with van der Waals surface area (Å²) in [6.07, 6.45) is 6.16. The quantitative estimate of drug-likeness (QED) is 0.893. The van der Waals surface area contributed by atoms with Gasteiger partial charge in [-0.15, -0.1) is 0 Å². The Balaban J connectivity index is 2.11. The fraction of sp³-hybridized carbons (Fsp3) is 0.667. The maximum absolute atomic E-state index is 6.23. The van der Waals surface area contributed by atoms with Crippen molar-refractivity contribution in [2.24, 2.45) is 5.73 Å². The Hall–Kier alpha value is -0.970. The number of hydrogen-bond donors (Lipinski definition) is 1. The molecule has 2 heterocycles. The number of likely N-dealkylation sites (N-methyl/N-ethyl adjacent to an activating group) is 1. The molecule has 0 amide bonds. The van der Waals surface area contributed by atoms with Gasteiger partial charge in [0.2, 0.25) is 0 Å². The van der Waals surface area contributed by atoms with Gasteiger partial charge in [0, 0.05) is 30.5 Å². The lowest BCUT2D eigenvalue weighted by Crippen LogP contribution is -2.47. The zero-order valence-corrected chi connectivity index (χ0v) is 12.3. The van der Waals surface area contributed by atoms with Crippen LogP contribution in [0.2, 0.25) is 0 Å². The fourth-order valence-corrected chi connectivity index (χ4v) is 3.10. The zero-order valence-electron chi connectivity index (χ0n) is 12.3. The molecule has 2 N–H and O–H groups in total. The van der Waals surface area contributed by atoms with Crippen LogP contribution in [0.15, 0.2) is 24.5 Å². The molecule has 19 heavy (non-hydrogen) atoms. The zero-order chi connectivity index (χ0) is 13.8. The second-order valence-corrected chi connectivity index (χ2v) is 5.78. The average molecular weight is 262 g/mol. The first-order valence-electron chi connectivity index (χ1n) is 7.15. The molecule has 1 aromatic heterocycles. The molecule has 0 aliphatic carbocycles. The van der Waals surface area contributed by atoms with Gasteiger partial charge in [-0.1, -0.05) is 0 Å². The Morgan fingerprint density at radius 2 is 1.89 bits per heavy atom. The van der Waals surface area contributed by atoms with Crippen molar-refractivity contribution in [2.75, 3.05) is 27.2 Å². The van der Waals surface area contributed by atoms with Crippen LogP contribution in [-0.4, -0.2) is 54.1 Å². The van der Waals surface area contributed by atoms with Crippen LogP contribution in [0.1, 0.15) is 31.4 Å². The second-order valence-electron chi connectivity index (χ2n) is 5.78. The summed E-state index contributed by atoms with van der Waals surface area (Å²) in [6, 6.07) is 5.18. The molecule has 4 heteroatoms. The monoisotopic (exact) mass is 262 g/mol. The second kappa shape index (κ2) is 6.46. The number of pyridine rings is 1. The number of piperidine rings is 1. The van der Waals surface area contributed by atoms with Crippen molar-refractivity contribution in [3.8, 4) is 0 Å². The Kier molecular flexibility index (Phi) is 4.91. The van der Waals surface area contributed by atoms with Gasteiger partial charge < -0.3 is 10.6 Å². The van der Waals surface area contributed by atoms with E-state index in [9.17, 15) is 0 Å². The van der Waals surface area contributed by atoms with Crippen molar-refractivity contribution < 1.29 is 0 Å². The number of nitrogens with two attached hydrogens (primary N) is 1. The topological polar surface area (TPSA) is 45.4 Å². The molecule has 1 aliphatic heterocycles. The van der Waals surface area contributed by atoms with Gasteiger partial charge in [0.25, 0.3) is 0 Å². The summed E-state index contributed by atoms with van der Waals surface area (Å²) in [5.74, 6) is 0. The number of aromatic nitrogens is 1. The summed E-state index contributed by atoms with van der Waals surface area (Å²) < 4.78 is 0. The maximum atomic E-state index is 6.23. The average Bonchev–Trinajstić information content (AvgIpc) is 2.40. The molecule has 0 spiro atoms. The van der Waals surface area contributed by atoms with Crippen molar-refractivity contribution in [2.45, 2.75) is 37.9 Å². The summed E-state index contributed by atoms with van der Waals surface area (Å²) in [4.78, 5) is 8.97. The van der Waals surface area contributed by atoms with Crippen LogP contribution in [-0.2, 0) is 0 Å². The molecular formula is C15H26N4. The SMILES string of the molecule is CC(N)C(c1ccncc1)N(C)C1CCN(C)CC1. The highest BCUT2D eigenvalue weighted by molar-refractivity contribution is 5.17. The molecule has 2 atom stereocenters. The lowest BCUT2D eigenvalue weighted by molar-refractivity contribution is 0.0969. The molecule has 1 fully saturated rings. The number of nitrogens with zero attached hydrogens (tertiary/aromatic N) is 3.